The van der Waals surface area contributed by atoms with Gasteiger partial charge in [0, 0.05) is 12.8 Å². The Hall–Kier alpha value is -2.33. The Kier molecular flexibility index (Phi) is 32.7. The van der Waals surface area contributed by atoms with Crippen LogP contribution in [0.3, 0.4) is 0 Å². The van der Waals surface area contributed by atoms with Crippen LogP contribution in [0.15, 0.2) is 60.8 Å². The lowest BCUT2D eigenvalue weighted by molar-refractivity contribution is -0.870. The predicted octanol–water partition coefficient (Wildman–Crippen LogP) is 9.87. The van der Waals surface area contributed by atoms with Gasteiger partial charge in [-0.1, -0.05) is 139 Å². The molecule has 0 rings (SSSR count). The molecule has 0 bridgehead atoms. The van der Waals surface area contributed by atoms with E-state index in [4.69, 9.17) is 18.5 Å². The van der Waals surface area contributed by atoms with Crippen molar-refractivity contribution in [1.29, 1.82) is 0 Å². The number of phosphoric acid groups is 1. The first-order valence-corrected chi connectivity index (χ1v) is 21.6. The molecule has 0 spiro atoms. The zero-order valence-corrected chi connectivity index (χ0v) is 34.7. The van der Waals surface area contributed by atoms with Gasteiger partial charge in [-0.15, -0.1) is 0 Å². The van der Waals surface area contributed by atoms with Crippen LogP contribution in [0.5, 0.6) is 0 Å². The highest BCUT2D eigenvalue weighted by molar-refractivity contribution is 7.47. The van der Waals surface area contributed by atoms with Gasteiger partial charge in [-0.05, 0) is 44.9 Å². The van der Waals surface area contributed by atoms with Crippen LogP contribution in [0.2, 0.25) is 0 Å². The number of carbonyl (C=O) groups is 2. The third-order valence-corrected chi connectivity index (χ3v) is 9.13. The summed E-state index contributed by atoms with van der Waals surface area (Å²) < 4.78 is 34.1. The third kappa shape index (κ3) is 37.8. The Morgan fingerprint density at radius 2 is 1.30 bits per heavy atom. The fourth-order valence-corrected chi connectivity index (χ4v) is 5.70. The van der Waals surface area contributed by atoms with Gasteiger partial charge in [-0.3, -0.25) is 18.6 Å². The van der Waals surface area contributed by atoms with Crippen molar-refractivity contribution in [1.82, 2.24) is 0 Å². The van der Waals surface area contributed by atoms with E-state index in [0.29, 0.717) is 30.3 Å². The van der Waals surface area contributed by atoms with E-state index in [1.807, 2.05) is 57.6 Å². The van der Waals surface area contributed by atoms with Crippen molar-refractivity contribution in [2.24, 2.45) is 0 Å². The highest BCUT2D eigenvalue weighted by Gasteiger charge is 2.27. The molecule has 2 unspecified atom stereocenters. The number of aliphatic hydroxyl groups excluding tert-OH is 1. The van der Waals surface area contributed by atoms with Gasteiger partial charge in [0.2, 0.25) is 0 Å². The molecular weight excluding hydrogens is 693 g/mol. The van der Waals surface area contributed by atoms with E-state index in [1.54, 1.807) is 6.08 Å². The van der Waals surface area contributed by atoms with Gasteiger partial charge in [-0.25, -0.2) is 4.57 Å². The minimum atomic E-state index is -4.40. The number of likely N-dealkylation sites (N-methyl/N-ethyl adjacent to an activating group) is 1. The summed E-state index contributed by atoms with van der Waals surface area (Å²) >= 11 is 0. The minimum absolute atomic E-state index is 0.00819. The van der Waals surface area contributed by atoms with Gasteiger partial charge in [0.1, 0.15) is 19.8 Å². The van der Waals surface area contributed by atoms with Crippen LogP contribution >= 0.6 is 7.82 Å². The lowest BCUT2D eigenvalue weighted by Crippen LogP contribution is -2.37. The lowest BCUT2D eigenvalue weighted by atomic mass is 10.1. The molecule has 0 saturated heterocycles. The normalized spacial score (nSPS) is 14.9. The number of carbonyl (C=O) groups excluding carboxylic acids is 2. The standard InChI is InChI=1S/C42H74NO9P/c1-6-8-10-12-14-15-16-17-21-25-29-33-41(45)49-37-40(38-51-53(47,48)50-36-35-43(3,4)5)52-42(46)34-30-26-22-19-18-20-24-28-32-39(44)31-27-23-13-11-9-7-2/h9,11,19-20,22-24,27-28,32,39-40,44H,6-8,10,12-18,21,25-26,29-31,33-38H2,1-5H3/p+1/b11-9-,22-19-,24-20-,27-23-,32-28+/t39?,40-/m1/s1. The average molecular weight is 769 g/mol. The quantitative estimate of drug-likeness (QED) is 0.0162. The van der Waals surface area contributed by atoms with Gasteiger partial charge in [0.05, 0.1) is 33.9 Å². The van der Waals surface area contributed by atoms with Gasteiger partial charge in [0.25, 0.3) is 0 Å². The monoisotopic (exact) mass is 769 g/mol. The Balaban J connectivity index is 4.60. The fraction of sp³-hybridized carbons (Fsp3) is 0.714. The number of hydrogen-bond donors (Lipinski definition) is 2. The molecule has 0 radical (unpaired) electrons. The van der Waals surface area contributed by atoms with Crippen molar-refractivity contribution in [3.63, 3.8) is 0 Å². The molecule has 11 heteroatoms. The van der Waals surface area contributed by atoms with Crippen LogP contribution < -0.4 is 0 Å². The van der Waals surface area contributed by atoms with Gasteiger partial charge in [-0.2, -0.15) is 0 Å². The van der Waals surface area contributed by atoms with Crippen molar-refractivity contribution in [2.75, 3.05) is 47.5 Å². The summed E-state index contributed by atoms with van der Waals surface area (Å²) in [6.45, 7) is 4.11. The molecule has 0 saturated carbocycles. The molecule has 0 fully saturated rings. The molecule has 0 heterocycles. The highest BCUT2D eigenvalue weighted by Crippen LogP contribution is 2.43. The number of unbranched alkanes of at least 4 members (excludes halogenated alkanes) is 11. The van der Waals surface area contributed by atoms with E-state index in [2.05, 4.69) is 32.1 Å². The fourth-order valence-electron chi connectivity index (χ4n) is 4.96. The summed E-state index contributed by atoms with van der Waals surface area (Å²) in [6, 6.07) is 0. The number of nitrogens with zero attached hydrogens (tertiary/aromatic N) is 1. The van der Waals surface area contributed by atoms with Gasteiger partial charge >= 0.3 is 19.8 Å². The first kappa shape index (κ1) is 50.7. The lowest BCUT2D eigenvalue weighted by Gasteiger charge is -2.24. The molecule has 306 valence electrons. The molecule has 0 aliphatic rings. The minimum Gasteiger partial charge on any atom is -0.462 e. The van der Waals surface area contributed by atoms with Crippen LogP contribution in [0.1, 0.15) is 136 Å². The summed E-state index contributed by atoms with van der Waals surface area (Å²) in [5.41, 5.74) is 0. The van der Waals surface area contributed by atoms with Crippen molar-refractivity contribution in [3.8, 4) is 0 Å². The maximum Gasteiger partial charge on any atom is 0.472 e. The Bertz CT molecular complexity index is 1110. The topological polar surface area (TPSA) is 129 Å². The maximum absolute atomic E-state index is 12.6. The number of rotatable bonds is 35. The molecule has 0 aliphatic heterocycles. The largest absolute Gasteiger partial charge is 0.472 e. The molecule has 2 N–H and O–H groups in total. The molecule has 10 nitrogen and oxygen atoms in total. The maximum atomic E-state index is 12.6. The molecule has 53 heavy (non-hydrogen) atoms. The summed E-state index contributed by atoms with van der Waals surface area (Å²) in [4.78, 5) is 35.2. The molecule has 0 aliphatic carbocycles. The number of ether oxygens (including phenoxy) is 2. The van der Waals surface area contributed by atoms with Crippen molar-refractivity contribution in [2.45, 2.75) is 148 Å². The Morgan fingerprint density at radius 1 is 0.698 bits per heavy atom. The van der Waals surface area contributed by atoms with E-state index in [1.165, 1.54) is 51.4 Å². The number of esters is 2. The summed E-state index contributed by atoms with van der Waals surface area (Å²) in [5, 5.41) is 10.0. The number of aliphatic hydroxyl groups is 1. The van der Waals surface area contributed by atoms with Crippen LogP contribution in [0.25, 0.3) is 0 Å². The second-order valence-corrected chi connectivity index (χ2v) is 15.9. The van der Waals surface area contributed by atoms with Gasteiger partial charge < -0.3 is 24.0 Å². The summed E-state index contributed by atoms with van der Waals surface area (Å²) in [5.74, 6) is -0.912. The van der Waals surface area contributed by atoms with Crippen molar-refractivity contribution in [3.05, 3.63) is 60.8 Å². The number of hydrogen-bond acceptors (Lipinski definition) is 8. The van der Waals surface area contributed by atoms with Crippen LogP contribution in [0.4, 0.5) is 0 Å². The number of phosphoric ester groups is 1. The summed E-state index contributed by atoms with van der Waals surface area (Å²) in [7, 11) is 1.39. The smallest absolute Gasteiger partial charge is 0.462 e. The second kappa shape index (κ2) is 34.2. The van der Waals surface area contributed by atoms with Crippen LogP contribution in [0, 0.1) is 0 Å². The van der Waals surface area contributed by atoms with E-state index in [9.17, 15) is 24.2 Å². The SMILES string of the molecule is CC/C=C\C/C=C\CC(O)/C=C/C=C\C/C=C\CCCC(=O)O[C@H](COC(=O)CCCCCCCCCCCCC)COP(=O)(O)OCC[N+](C)(C)C. The van der Waals surface area contributed by atoms with E-state index in [0.717, 1.165) is 38.5 Å². The number of quaternary nitrogens is 1. The third-order valence-electron chi connectivity index (χ3n) is 8.14. The second-order valence-electron chi connectivity index (χ2n) is 14.5. The highest BCUT2D eigenvalue weighted by atomic mass is 31.2. The average Bonchev–Trinajstić information content (AvgIpc) is 3.10. The first-order valence-electron chi connectivity index (χ1n) is 20.1. The first-order chi connectivity index (χ1) is 25.4. The zero-order chi connectivity index (χ0) is 39.5. The zero-order valence-electron chi connectivity index (χ0n) is 33.8. The van der Waals surface area contributed by atoms with Crippen LogP contribution in [-0.2, 0) is 32.7 Å². The van der Waals surface area contributed by atoms with E-state index < -0.39 is 38.6 Å². The van der Waals surface area contributed by atoms with Gasteiger partial charge in [0.15, 0.2) is 6.10 Å². The molecular formula is C42H75NO9P+. The molecule has 0 aromatic carbocycles. The molecule has 0 aromatic rings. The molecule has 0 amide bonds. The predicted molar refractivity (Wildman–Crippen MR) is 216 cm³/mol. The Morgan fingerprint density at radius 3 is 1.96 bits per heavy atom. The number of allylic oxidation sites excluding steroid dienone is 8. The Labute approximate surface area is 322 Å². The van der Waals surface area contributed by atoms with E-state index >= 15 is 0 Å². The van der Waals surface area contributed by atoms with Crippen molar-refractivity contribution >= 4 is 19.8 Å². The van der Waals surface area contributed by atoms with Crippen molar-refractivity contribution < 1.29 is 47.2 Å². The molecule has 0 aromatic heterocycles. The summed E-state index contributed by atoms with van der Waals surface area (Å²) in [6.07, 6.45) is 35.9. The van der Waals surface area contributed by atoms with E-state index in [-0.39, 0.29) is 26.1 Å². The molecule has 3 atom stereocenters. The van der Waals surface area contributed by atoms with Crippen LogP contribution in [-0.4, -0.2) is 86.1 Å².